The van der Waals surface area contributed by atoms with Gasteiger partial charge in [0, 0.05) is 11.6 Å². The number of furan rings is 1. The van der Waals surface area contributed by atoms with Crippen molar-refractivity contribution in [1.82, 2.24) is 0 Å². The third-order valence-corrected chi connectivity index (χ3v) is 2.28. The molecule has 0 saturated heterocycles. The zero-order valence-electron chi connectivity index (χ0n) is 7.84. The summed E-state index contributed by atoms with van der Waals surface area (Å²) in [5.74, 6) is -2.22. The first-order chi connectivity index (χ1) is 7.58. The van der Waals surface area contributed by atoms with Crippen molar-refractivity contribution < 1.29 is 18.0 Å². The molecule has 0 saturated carbocycles. The zero-order chi connectivity index (χ0) is 11.7. The van der Waals surface area contributed by atoms with Crippen molar-refractivity contribution in [2.45, 2.75) is 0 Å². The minimum absolute atomic E-state index is 0.0756. The van der Waals surface area contributed by atoms with E-state index < -0.39 is 17.4 Å². The zero-order valence-corrected chi connectivity index (χ0v) is 8.59. The molecule has 0 atom stereocenters. The van der Waals surface area contributed by atoms with Crippen molar-refractivity contribution in [2.24, 2.45) is 0 Å². The minimum Gasteiger partial charge on any atom is -0.452 e. The number of carbonyl (C=O) groups is 1. The predicted molar refractivity (Wildman–Crippen MR) is 53.5 cm³/mol. The Morgan fingerprint density at radius 2 is 1.81 bits per heavy atom. The van der Waals surface area contributed by atoms with Gasteiger partial charge in [0.15, 0.2) is 5.78 Å². The summed E-state index contributed by atoms with van der Waals surface area (Å²) in [7, 11) is 0. The summed E-state index contributed by atoms with van der Waals surface area (Å²) in [5, 5.41) is -0.102. The lowest BCUT2D eigenvalue weighted by molar-refractivity contribution is 0.103. The fourth-order valence-electron chi connectivity index (χ4n) is 1.30. The van der Waals surface area contributed by atoms with Crippen LogP contribution in [-0.2, 0) is 0 Å². The van der Waals surface area contributed by atoms with Crippen molar-refractivity contribution in [3.05, 3.63) is 58.5 Å². The van der Waals surface area contributed by atoms with Crippen LogP contribution in [0, 0.1) is 11.6 Å². The fraction of sp³-hybridized carbons (Fsp3) is 0. The van der Waals surface area contributed by atoms with Gasteiger partial charge in [-0.3, -0.25) is 4.79 Å². The van der Waals surface area contributed by atoms with E-state index in [1.807, 2.05) is 0 Å². The van der Waals surface area contributed by atoms with E-state index in [9.17, 15) is 13.6 Å². The molecule has 0 radical (unpaired) electrons. The van der Waals surface area contributed by atoms with Crippen LogP contribution in [0.4, 0.5) is 8.78 Å². The van der Waals surface area contributed by atoms with Gasteiger partial charge in [0.25, 0.3) is 0 Å². The Kier molecular flexibility index (Phi) is 2.75. The lowest BCUT2D eigenvalue weighted by atomic mass is 10.1. The van der Waals surface area contributed by atoms with Gasteiger partial charge in [-0.2, -0.15) is 0 Å². The molecular formula is C11H5ClF2O2. The van der Waals surface area contributed by atoms with Crippen molar-refractivity contribution in [2.75, 3.05) is 0 Å². The van der Waals surface area contributed by atoms with Gasteiger partial charge in [-0.15, -0.1) is 0 Å². The maximum Gasteiger partial charge on any atom is 0.204 e. The first kappa shape index (κ1) is 10.8. The average Bonchev–Trinajstić information content (AvgIpc) is 2.62. The van der Waals surface area contributed by atoms with Crippen LogP contribution in [0.2, 0.25) is 5.22 Å². The van der Waals surface area contributed by atoms with Crippen LogP contribution in [0.5, 0.6) is 0 Å². The third-order valence-electron chi connectivity index (χ3n) is 1.99. The van der Waals surface area contributed by atoms with Gasteiger partial charge in [0.2, 0.25) is 5.22 Å². The molecule has 0 aliphatic carbocycles. The lowest BCUT2D eigenvalue weighted by Gasteiger charge is -1.99. The topological polar surface area (TPSA) is 30.2 Å². The standard InChI is InChI=1S/C11H5ClF2O2/c12-11-9(1-2-16-11)10(15)6-3-7(13)5-8(14)4-6/h1-5H. The molecule has 0 aliphatic rings. The van der Waals surface area contributed by atoms with E-state index in [-0.39, 0.29) is 16.3 Å². The predicted octanol–water partition coefficient (Wildman–Crippen LogP) is 3.44. The summed E-state index contributed by atoms with van der Waals surface area (Å²) in [6.07, 6.45) is 1.23. The van der Waals surface area contributed by atoms with Crippen molar-refractivity contribution in [3.63, 3.8) is 0 Å². The van der Waals surface area contributed by atoms with Gasteiger partial charge in [0.05, 0.1) is 11.8 Å². The molecule has 0 aliphatic heterocycles. The Balaban J connectivity index is 2.45. The number of rotatable bonds is 2. The van der Waals surface area contributed by atoms with Crippen LogP contribution in [0.3, 0.4) is 0 Å². The van der Waals surface area contributed by atoms with E-state index in [0.717, 1.165) is 12.1 Å². The molecule has 0 N–H and O–H groups in total. The van der Waals surface area contributed by atoms with Gasteiger partial charge in [-0.1, -0.05) is 0 Å². The molecule has 2 aromatic rings. The van der Waals surface area contributed by atoms with Crippen LogP contribution in [-0.4, -0.2) is 5.78 Å². The van der Waals surface area contributed by atoms with Crippen LogP contribution in [0.15, 0.2) is 34.9 Å². The van der Waals surface area contributed by atoms with E-state index in [1.165, 1.54) is 12.3 Å². The van der Waals surface area contributed by atoms with Gasteiger partial charge in [0.1, 0.15) is 11.6 Å². The molecule has 0 unspecified atom stereocenters. The lowest BCUT2D eigenvalue weighted by Crippen LogP contribution is -2.01. The number of hydrogen-bond donors (Lipinski definition) is 0. The second-order valence-electron chi connectivity index (χ2n) is 3.10. The van der Waals surface area contributed by atoms with Gasteiger partial charge in [-0.25, -0.2) is 8.78 Å². The molecule has 82 valence electrons. The summed E-state index contributed by atoms with van der Waals surface area (Å²) >= 11 is 5.59. The highest BCUT2D eigenvalue weighted by Gasteiger charge is 2.16. The summed E-state index contributed by atoms with van der Waals surface area (Å²) in [5.41, 5.74) is -0.0348. The van der Waals surface area contributed by atoms with Crippen LogP contribution >= 0.6 is 11.6 Å². The van der Waals surface area contributed by atoms with E-state index in [2.05, 4.69) is 0 Å². The highest BCUT2D eigenvalue weighted by atomic mass is 35.5. The van der Waals surface area contributed by atoms with Crippen molar-refractivity contribution in [1.29, 1.82) is 0 Å². The van der Waals surface area contributed by atoms with E-state index in [4.69, 9.17) is 16.0 Å². The maximum absolute atomic E-state index is 12.9. The second-order valence-corrected chi connectivity index (χ2v) is 3.44. The third kappa shape index (κ3) is 1.97. The Morgan fingerprint density at radius 3 is 2.31 bits per heavy atom. The average molecular weight is 243 g/mol. The quantitative estimate of drug-likeness (QED) is 0.755. The second kappa shape index (κ2) is 4.06. The maximum atomic E-state index is 12.9. The number of ketones is 1. The SMILES string of the molecule is O=C(c1cc(F)cc(F)c1)c1ccoc1Cl. The van der Waals surface area contributed by atoms with Crippen LogP contribution in [0.1, 0.15) is 15.9 Å². The summed E-state index contributed by atoms with van der Waals surface area (Å²) in [6, 6.07) is 3.91. The summed E-state index contributed by atoms with van der Waals surface area (Å²) < 4.78 is 30.5. The highest BCUT2D eigenvalue weighted by Crippen LogP contribution is 2.21. The van der Waals surface area contributed by atoms with Crippen LogP contribution < -0.4 is 0 Å². The Bertz CT molecular complexity index is 528. The van der Waals surface area contributed by atoms with E-state index >= 15 is 0 Å². The Morgan fingerprint density at radius 1 is 1.19 bits per heavy atom. The summed E-state index contributed by atoms with van der Waals surface area (Å²) in [6.45, 7) is 0. The van der Waals surface area contributed by atoms with Crippen molar-refractivity contribution >= 4 is 17.4 Å². The molecule has 0 spiro atoms. The molecule has 0 fully saturated rings. The number of halogens is 3. The molecule has 1 aromatic carbocycles. The molecular weight excluding hydrogens is 238 g/mol. The molecule has 2 nitrogen and oxygen atoms in total. The number of benzene rings is 1. The van der Waals surface area contributed by atoms with Gasteiger partial charge < -0.3 is 4.42 Å². The molecule has 0 amide bonds. The number of hydrogen-bond acceptors (Lipinski definition) is 2. The largest absolute Gasteiger partial charge is 0.452 e. The fourth-order valence-corrected chi connectivity index (χ4v) is 1.50. The molecule has 0 bridgehead atoms. The smallest absolute Gasteiger partial charge is 0.204 e. The molecule has 1 aromatic heterocycles. The van der Waals surface area contributed by atoms with Gasteiger partial charge >= 0.3 is 0 Å². The van der Waals surface area contributed by atoms with Crippen LogP contribution in [0.25, 0.3) is 0 Å². The first-order valence-corrected chi connectivity index (χ1v) is 4.69. The molecule has 2 rings (SSSR count). The number of carbonyl (C=O) groups excluding carboxylic acids is 1. The minimum atomic E-state index is -0.817. The highest BCUT2D eigenvalue weighted by molar-refractivity contribution is 6.33. The first-order valence-electron chi connectivity index (χ1n) is 4.31. The Hall–Kier alpha value is -1.68. The van der Waals surface area contributed by atoms with Gasteiger partial charge in [-0.05, 0) is 29.8 Å². The normalized spacial score (nSPS) is 10.4. The van der Waals surface area contributed by atoms with E-state index in [0.29, 0.717) is 6.07 Å². The monoisotopic (exact) mass is 242 g/mol. The van der Waals surface area contributed by atoms with E-state index in [1.54, 1.807) is 0 Å². The Labute approximate surface area is 94.4 Å². The summed E-state index contributed by atoms with van der Waals surface area (Å²) in [4.78, 5) is 11.8. The van der Waals surface area contributed by atoms with Crippen molar-refractivity contribution in [3.8, 4) is 0 Å². The molecule has 1 heterocycles. The molecule has 5 heteroatoms. The molecule has 16 heavy (non-hydrogen) atoms.